The van der Waals surface area contributed by atoms with E-state index in [0.717, 1.165) is 19.3 Å². The Morgan fingerprint density at radius 2 is 0.467 bits per heavy atom. The Bertz CT molecular complexity index is 579. The van der Waals surface area contributed by atoms with E-state index in [9.17, 15) is 4.57 Å². The molecule has 0 aliphatic heterocycles. The Labute approximate surface area is 283 Å². The molecule has 0 unspecified atom stereocenters. The number of hydrogen-bond donors (Lipinski definition) is 2. The zero-order valence-electron chi connectivity index (χ0n) is 30.7. The second kappa shape index (κ2) is 38.6. The van der Waals surface area contributed by atoms with Crippen LogP contribution < -0.4 is 0 Å². The van der Waals surface area contributed by atoms with Gasteiger partial charge in [0.25, 0.3) is 0 Å². The van der Waals surface area contributed by atoms with Crippen molar-refractivity contribution in [2.24, 2.45) is 0 Å². The molecule has 0 heterocycles. The molecule has 0 saturated heterocycles. The van der Waals surface area contributed by atoms with Crippen LogP contribution in [-0.4, -0.2) is 16.4 Å². The van der Waals surface area contributed by atoms with Crippen LogP contribution in [0.5, 0.6) is 0 Å². The smallest absolute Gasteiger partial charge is 0.303 e. The quantitative estimate of drug-likeness (QED) is 0.0508. The number of hydrogen-bond acceptors (Lipinski definition) is 2. The summed E-state index contributed by atoms with van der Waals surface area (Å²) in [6.45, 7) is 2.47. The Hall–Kier alpha value is 0.110. The molecule has 45 heavy (non-hydrogen) atoms. The maximum atomic E-state index is 10.6. The first-order chi connectivity index (χ1) is 22.1. The molecule has 0 aromatic heterocycles. The van der Waals surface area contributed by atoms with Crippen molar-refractivity contribution in [3.8, 4) is 0 Å². The summed E-state index contributed by atoms with van der Waals surface area (Å²) in [6, 6.07) is 0. The summed E-state index contributed by atoms with van der Waals surface area (Å²) in [6.07, 6.45) is 53.3. The summed E-state index contributed by atoms with van der Waals surface area (Å²) >= 11 is 0. The molecule has 0 aliphatic rings. The highest BCUT2D eigenvalue weighted by molar-refractivity contribution is 7.46. The fourth-order valence-electron chi connectivity index (χ4n) is 6.72. The fraction of sp³-hybridized carbons (Fsp3) is 1.00. The molecular weight excluding hydrogens is 575 g/mol. The molecule has 0 aromatic rings. The van der Waals surface area contributed by atoms with E-state index < -0.39 is 7.82 Å². The number of unbranched alkanes of at least 4 members (excludes halogenated alkanes) is 37. The molecule has 0 aliphatic carbocycles. The zero-order valence-corrected chi connectivity index (χ0v) is 31.6. The fourth-order valence-corrected chi connectivity index (χ4v) is 7.09. The van der Waals surface area contributed by atoms with Gasteiger partial charge in [-0.2, -0.15) is 0 Å². The summed E-state index contributed by atoms with van der Waals surface area (Å²) in [5, 5.41) is 0. The topological polar surface area (TPSA) is 66.8 Å². The molecule has 5 heteroatoms. The van der Waals surface area contributed by atoms with Gasteiger partial charge in [0.15, 0.2) is 0 Å². The van der Waals surface area contributed by atoms with Gasteiger partial charge in [0.1, 0.15) is 0 Å². The summed E-state index contributed by atoms with van der Waals surface area (Å²) in [5.74, 6) is 0. The Morgan fingerprint density at radius 1 is 0.311 bits per heavy atom. The van der Waals surface area contributed by atoms with E-state index in [-0.39, 0.29) is 6.61 Å². The normalized spacial score (nSPS) is 12.0. The molecule has 0 atom stereocenters. The summed E-state index contributed by atoms with van der Waals surface area (Å²) < 4.78 is 15.1. The van der Waals surface area contributed by atoms with Crippen molar-refractivity contribution in [3.05, 3.63) is 0 Å². The predicted octanol–water partition coefficient (Wildman–Crippen LogP) is 14.9. The van der Waals surface area contributed by atoms with Gasteiger partial charge < -0.3 is 9.79 Å². The average molecular weight is 659 g/mol. The van der Waals surface area contributed by atoms with Gasteiger partial charge in [-0.05, 0) is 6.42 Å². The molecule has 272 valence electrons. The van der Waals surface area contributed by atoms with Gasteiger partial charge in [-0.15, -0.1) is 0 Å². The summed E-state index contributed by atoms with van der Waals surface area (Å²) in [7, 11) is -4.27. The monoisotopic (exact) mass is 659 g/mol. The van der Waals surface area contributed by atoms with E-state index in [1.54, 1.807) is 0 Å². The van der Waals surface area contributed by atoms with Crippen molar-refractivity contribution >= 4 is 7.82 Å². The highest BCUT2D eigenvalue weighted by atomic mass is 31.2. The first-order valence-electron chi connectivity index (χ1n) is 20.8. The van der Waals surface area contributed by atoms with Crippen molar-refractivity contribution in [2.75, 3.05) is 6.61 Å². The standard InChI is InChI=1S/C40H83O4P/c1-2-3-4-5-6-7-8-9-10-11-12-13-14-15-16-17-18-19-20-21-22-23-24-25-26-27-28-29-30-31-32-33-34-35-36-37-38-39-40-44-45(41,42)43/h2-40H2,1H3,(H2,41,42,43). The minimum atomic E-state index is -4.27. The van der Waals surface area contributed by atoms with Crippen LogP contribution in [0.1, 0.15) is 251 Å². The number of phosphoric acid groups is 1. The molecule has 0 fully saturated rings. The molecule has 0 radical (unpaired) electrons. The van der Waals surface area contributed by atoms with Crippen molar-refractivity contribution in [1.29, 1.82) is 0 Å². The van der Waals surface area contributed by atoms with Gasteiger partial charge in [0.2, 0.25) is 0 Å². The SMILES string of the molecule is CCCCCCCCCCCCCCCCCCCCCCCCCCCCCCCCCCCCCCCCOP(=O)(O)O. The molecule has 0 rings (SSSR count). The minimum absolute atomic E-state index is 0.171. The third-order valence-corrected chi connectivity index (χ3v) is 10.3. The molecular formula is C40H83O4P. The predicted molar refractivity (Wildman–Crippen MR) is 199 cm³/mol. The van der Waals surface area contributed by atoms with Gasteiger partial charge in [-0.1, -0.05) is 244 Å². The van der Waals surface area contributed by atoms with Crippen LogP contribution in [0.2, 0.25) is 0 Å². The van der Waals surface area contributed by atoms with Crippen LogP contribution in [0.4, 0.5) is 0 Å². The van der Waals surface area contributed by atoms with Crippen LogP contribution >= 0.6 is 7.82 Å². The summed E-state index contributed by atoms with van der Waals surface area (Å²) in [4.78, 5) is 17.3. The lowest BCUT2D eigenvalue weighted by Gasteiger charge is -2.05. The van der Waals surface area contributed by atoms with Crippen molar-refractivity contribution < 1.29 is 18.9 Å². The molecule has 0 saturated carbocycles. The Kier molecular flexibility index (Phi) is 38.7. The van der Waals surface area contributed by atoms with E-state index >= 15 is 0 Å². The Morgan fingerprint density at radius 3 is 0.622 bits per heavy atom. The van der Waals surface area contributed by atoms with Crippen LogP contribution in [-0.2, 0) is 9.09 Å². The van der Waals surface area contributed by atoms with E-state index in [4.69, 9.17) is 9.79 Å². The maximum absolute atomic E-state index is 10.6. The van der Waals surface area contributed by atoms with E-state index in [2.05, 4.69) is 11.4 Å². The van der Waals surface area contributed by atoms with Crippen molar-refractivity contribution in [3.63, 3.8) is 0 Å². The zero-order chi connectivity index (χ0) is 32.8. The van der Waals surface area contributed by atoms with Gasteiger partial charge in [-0.3, -0.25) is 4.52 Å². The third kappa shape index (κ3) is 44.1. The van der Waals surface area contributed by atoms with E-state index in [1.807, 2.05) is 0 Å². The lowest BCUT2D eigenvalue weighted by molar-refractivity contribution is 0.193. The highest BCUT2D eigenvalue weighted by Crippen LogP contribution is 2.35. The van der Waals surface area contributed by atoms with Gasteiger partial charge in [-0.25, -0.2) is 4.57 Å². The maximum Gasteiger partial charge on any atom is 0.469 e. The average Bonchev–Trinajstić information content (AvgIpc) is 3.01. The molecule has 0 spiro atoms. The molecule has 0 bridgehead atoms. The summed E-state index contributed by atoms with van der Waals surface area (Å²) in [5.41, 5.74) is 0. The van der Waals surface area contributed by atoms with Crippen molar-refractivity contribution in [2.45, 2.75) is 251 Å². The van der Waals surface area contributed by atoms with Crippen LogP contribution in [0.15, 0.2) is 0 Å². The third-order valence-electron chi connectivity index (χ3n) is 9.76. The lowest BCUT2D eigenvalue weighted by Crippen LogP contribution is -1.92. The second-order valence-electron chi connectivity index (χ2n) is 14.4. The largest absolute Gasteiger partial charge is 0.469 e. The van der Waals surface area contributed by atoms with Gasteiger partial charge in [0, 0.05) is 0 Å². The molecule has 4 nitrogen and oxygen atoms in total. The van der Waals surface area contributed by atoms with E-state index in [0.29, 0.717) is 0 Å². The molecule has 0 amide bonds. The van der Waals surface area contributed by atoms with Gasteiger partial charge in [0.05, 0.1) is 6.61 Å². The molecule has 0 aromatic carbocycles. The van der Waals surface area contributed by atoms with Crippen LogP contribution in [0.25, 0.3) is 0 Å². The Balaban J connectivity index is 3.05. The van der Waals surface area contributed by atoms with Crippen LogP contribution in [0, 0.1) is 0 Å². The van der Waals surface area contributed by atoms with Crippen LogP contribution in [0.3, 0.4) is 0 Å². The number of rotatable bonds is 40. The minimum Gasteiger partial charge on any atom is -0.303 e. The second-order valence-corrected chi connectivity index (χ2v) is 15.6. The van der Waals surface area contributed by atoms with E-state index in [1.165, 1.54) is 225 Å². The lowest BCUT2D eigenvalue weighted by atomic mass is 10.0. The highest BCUT2D eigenvalue weighted by Gasteiger charge is 2.12. The first-order valence-corrected chi connectivity index (χ1v) is 22.3. The van der Waals surface area contributed by atoms with Gasteiger partial charge >= 0.3 is 7.82 Å². The number of phosphoric ester groups is 1. The van der Waals surface area contributed by atoms with Crippen molar-refractivity contribution in [1.82, 2.24) is 0 Å². The molecule has 2 N–H and O–H groups in total. The first kappa shape index (κ1) is 45.1.